The molecule has 1 amide bonds. The quantitative estimate of drug-likeness (QED) is 0.590. The molecular weight excluding hydrogens is 452 g/mol. The number of benzene rings is 2. The van der Waals surface area contributed by atoms with E-state index in [0.29, 0.717) is 38.7 Å². The fourth-order valence-electron chi connectivity index (χ4n) is 2.36. The van der Waals surface area contributed by atoms with Crippen molar-refractivity contribution in [3.8, 4) is 11.5 Å². The van der Waals surface area contributed by atoms with Gasteiger partial charge < -0.3 is 15.2 Å². The van der Waals surface area contributed by atoms with Crippen molar-refractivity contribution in [2.75, 3.05) is 6.61 Å². The average molecular weight is 468 g/mol. The molecule has 0 aliphatic carbocycles. The van der Waals surface area contributed by atoms with Gasteiger partial charge in [0.25, 0.3) is 5.91 Å². The van der Waals surface area contributed by atoms with Gasteiger partial charge in [0.05, 0.1) is 17.2 Å². The van der Waals surface area contributed by atoms with Crippen LogP contribution in [-0.4, -0.2) is 22.8 Å². The average Bonchev–Trinajstić information content (AvgIpc) is 2.94. The first-order valence-corrected chi connectivity index (χ1v) is 10.1. The summed E-state index contributed by atoms with van der Waals surface area (Å²) < 4.78 is 6.16. The number of nitrogens with one attached hydrogen (secondary N) is 1. The number of phenols is 1. The van der Waals surface area contributed by atoms with Gasteiger partial charge in [0, 0.05) is 15.1 Å². The van der Waals surface area contributed by atoms with Crippen LogP contribution in [0.2, 0.25) is 5.02 Å². The summed E-state index contributed by atoms with van der Waals surface area (Å²) in [4.78, 5) is 17.1. The first-order valence-electron chi connectivity index (χ1n) is 8.08. The Morgan fingerprint density at radius 2 is 2.15 bits per heavy atom. The normalized spacial score (nSPS) is 16.8. The Morgan fingerprint density at radius 1 is 1.37 bits per heavy atom. The number of nitrogens with zero attached hydrogens (tertiary/aromatic N) is 1. The molecule has 1 saturated heterocycles. The standard InChI is InChI=1S/C19H16BrClN2O3S/c1-3-26-15-8-12(20)6-11(17(15)24)7-16-18(25)23-19(27-16)22-13-5-4-10(2)14(21)9-13/h4-9,24H,3H2,1-2H3,(H,22,23,25)/b16-7+. The van der Waals surface area contributed by atoms with E-state index in [4.69, 9.17) is 16.3 Å². The second-order valence-corrected chi connectivity index (χ2v) is 8.04. The highest BCUT2D eigenvalue weighted by molar-refractivity contribution is 9.10. The fourth-order valence-corrected chi connectivity index (χ4v) is 3.82. The summed E-state index contributed by atoms with van der Waals surface area (Å²) in [5, 5.41) is 14.2. The molecular formula is C19H16BrClN2O3S. The van der Waals surface area contributed by atoms with Crippen molar-refractivity contribution in [3.63, 3.8) is 0 Å². The number of thioether (sulfide) groups is 1. The number of carbonyl (C=O) groups excluding carboxylic acids is 1. The fraction of sp³-hybridized carbons (Fsp3) is 0.158. The van der Waals surface area contributed by atoms with Crippen LogP contribution in [0.1, 0.15) is 18.1 Å². The number of hydrogen-bond acceptors (Lipinski definition) is 5. The molecule has 27 heavy (non-hydrogen) atoms. The Hall–Kier alpha value is -1.96. The molecule has 0 bridgehead atoms. The molecule has 140 valence electrons. The third-order valence-corrected chi connectivity index (χ3v) is 5.47. The summed E-state index contributed by atoms with van der Waals surface area (Å²) in [5.74, 6) is 0.0521. The van der Waals surface area contributed by atoms with E-state index in [2.05, 4.69) is 26.2 Å². The Balaban J connectivity index is 1.89. The molecule has 1 heterocycles. The van der Waals surface area contributed by atoms with Gasteiger partial charge in [-0.15, -0.1) is 0 Å². The van der Waals surface area contributed by atoms with Crippen LogP contribution in [-0.2, 0) is 4.79 Å². The van der Waals surface area contributed by atoms with Crippen LogP contribution in [0.15, 0.2) is 44.7 Å². The molecule has 0 spiro atoms. The Bertz CT molecular complexity index is 976. The Labute approximate surface area is 174 Å². The number of amidine groups is 1. The van der Waals surface area contributed by atoms with Crippen molar-refractivity contribution in [1.82, 2.24) is 5.32 Å². The van der Waals surface area contributed by atoms with Gasteiger partial charge in [-0.1, -0.05) is 33.6 Å². The number of aliphatic imine (C=N–C) groups is 1. The third-order valence-electron chi connectivity index (χ3n) is 3.69. The van der Waals surface area contributed by atoms with Crippen LogP contribution in [0.3, 0.4) is 0 Å². The van der Waals surface area contributed by atoms with Crippen LogP contribution in [0.4, 0.5) is 5.69 Å². The predicted molar refractivity (Wildman–Crippen MR) is 114 cm³/mol. The number of ether oxygens (including phenoxy) is 1. The SMILES string of the molecule is CCOc1cc(Br)cc(/C=C2/SC(=Nc3ccc(C)c(Cl)c3)NC2=O)c1O. The second-order valence-electron chi connectivity index (χ2n) is 5.69. The number of carbonyl (C=O) groups is 1. The van der Waals surface area contributed by atoms with Gasteiger partial charge in [0.15, 0.2) is 16.7 Å². The number of aromatic hydroxyl groups is 1. The molecule has 0 unspecified atom stereocenters. The van der Waals surface area contributed by atoms with E-state index in [0.717, 1.165) is 10.0 Å². The first kappa shape index (κ1) is 19.8. The van der Waals surface area contributed by atoms with Crippen molar-refractivity contribution < 1.29 is 14.6 Å². The summed E-state index contributed by atoms with van der Waals surface area (Å²) in [5.41, 5.74) is 2.09. The predicted octanol–water partition coefficient (Wildman–Crippen LogP) is 5.41. The lowest BCUT2D eigenvalue weighted by Crippen LogP contribution is -2.19. The molecule has 1 fully saturated rings. The molecule has 1 aliphatic heterocycles. The topological polar surface area (TPSA) is 70.9 Å². The first-order chi connectivity index (χ1) is 12.9. The van der Waals surface area contributed by atoms with Gasteiger partial charge in [-0.2, -0.15) is 0 Å². The summed E-state index contributed by atoms with van der Waals surface area (Å²) in [6.07, 6.45) is 1.60. The second kappa shape index (κ2) is 8.37. The van der Waals surface area contributed by atoms with Gasteiger partial charge in [0.1, 0.15) is 0 Å². The lowest BCUT2D eigenvalue weighted by molar-refractivity contribution is -0.115. The van der Waals surface area contributed by atoms with Crippen molar-refractivity contribution in [1.29, 1.82) is 0 Å². The molecule has 3 rings (SSSR count). The number of aryl methyl sites for hydroxylation is 1. The molecule has 1 aliphatic rings. The van der Waals surface area contributed by atoms with E-state index in [-0.39, 0.29) is 11.7 Å². The number of hydrogen-bond donors (Lipinski definition) is 2. The molecule has 2 N–H and O–H groups in total. The van der Waals surface area contributed by atoms with Gasteiger partial charge in [-0.3, -0.25) is 4.79 Å². The van der Waals surface area contributed by atoms with Crippen molar-refractivity contribution in [2.24, 2.45) is 4.99 Å². The number of halogens is 2. The van der Waals surface area contributed by atoms with E-state index in [1.54, 1.807) is 24.3 Å². The van der Waals surface area contributed by atoms with E-state index >= 15 is 0 Å². The molecule has 8 heteroatoms. The summed E-state index contributed by atoms with van der Waals surface area (Å²) in [6, 6.07) is 8.84. The number of amides is 1. The highest BCUT2D eigenvalue weighted by Gasteiger charge is 2.24. The molecule has 2 aromatic rings. The maximum Gasteiger partial charge on any atom is 0.264 e. The smallest absolute Gasteiger partial charge is 0.264 e. The van der Waals surface area contributed by atoms with Crippen LogP contribution in [0.5, 0.6) is 11.5 Å². The van der Waals surface area contributed by atoms with E-state index < -0.39 is 0 Å². The third kappa shape index (κ3) is 4.66. The maximum atomic E-state index is 12.3. The molecule has 0 saturated carbocycles. The number of phenolic OH excluding ortho intramolecular Hbond substituents is 1. The van der Waals surface area contributed by atoms with Gasteiger partial charge in [0.2, 0.25) is 0 Å². The minimum atomic E-state index is -0.283. The summed E-state index contributed by atoms with van der Waals surface area (Å²) in [6.45, 7) is 4.16. The zero-order valence-electron chi connectivity index (χ0n) is 14.5. The van der Waals surface area contributed by atoms with Crippen LogP contribution >= 0.6 is 39.3 Å². The lowest BCUT2D eigenvalue weighted by atomic mass is 10.1. The minimum Gasteiger partial charge on any atom is -0.504 e. The molecule has 0 atom stereocenters. The van der Waals surface area contributed by atoms with Gasteiger partial charge >= 0.3 is 0 Å². The van der Waals surface area contributed by atoms with Crippen LogP contribution in [0.25, 0.3) is 6.08 Å². The van der Waals surface area contributed by atoms with Gasteiger partial charge in [-0.25, -0.2) is 4.99 Å². The highest BCUT2D eigenvalue weighted by Crippen LogP contribution is 2.37. The summed E-state index contributed by atoms with van der Waals surface area (Å²) in [7, 11) is 0. The zero-order chi connectivity index (χ0) is 19.6. The van der Waals surface area contributed by atoms with Crippen LogP contribution in [0, 0.1) is 6.92 Å². The molecule has 5 nitrogen and oxygen atoms in total. The minimum absolute atomic E-state index is 0.0170. The van der Waals surface area contributed by atoms with Crippen molar-refractivity contribution in [3.05, 3.63) is 55.9 Å². The lowest BCUT2D eigenvalue weighted by Gasteiger charge is -2.09. The Kier molecular flexibility index (Phi) is 6.14. The molecule has 0 radical (unpaired) electrons. The Morgan fingerprint density at radius 3 is 2.85 bits per heavy atom. The van der Waals surface area contributed by atoms with E-state index in [1.807, 2.05) is 26.0 Å². The zero-order valence-corrected chi connectivity index (χ0v) is 17.7. The maximum absolute atomic E-state index is 12.3. The van der Waals surface area contributed by atoms with Crippen LogP contribution < -0.4 is 10.1 Å². The van der Waals surface area contributed by atoms with Crippen molar-refractivity contribution in [2.45, 2.75) is 13.8 Å². The summed E-state index contributed by atoms with van der Waals surface area (Å²) >= 11 is 10.7. The van der Waals surface area contributed by atoms with E-state index in [9.17, 15) is 9.90 Å². The monoisotopic (exact) mass is 466 g/mol. The highest BCUT2D eigenvalue weighted by atomic mass is 79.9. The van der Waals surface area contributed by atoms with Crippen molar-refractivity contribution >= 4 is 62.1 Å². The largest absolute Gasteiger partial charge is 0.504 e. The van der Waals surface area contributed by atoms with E-state index in [1.165, 1.54) is 11.8 Å². The molecule has 2 aromatic carbocycles. The van der Waals surface area contributed by atoms with Gasteiger partial charge in [-0.05, 0) is 61.5 Å². The number of rotatable bonds is 4. The molecule has 0 aromatic heterocycles.